The summed E-state index contributed by atoms with van der Waals surface area (Å²) in [6.07, 6.45) is -4.03. The van der Waals surface area contributed by atoms with Gasteiger partial charge in [0.15, 0.2) is 5.76 Å². The highest BCUT2D eigenvalue weighted by atomic mass is 19.4. The van der Waals surface area contributed by atoms with Gasteiger partial charge in [-0.25, -0.2) is 4.79 Å². The van der Waals surface area contributed by atoms with E-state index in [1.54, 1.807) is 31.2 Å². The van der Waals surface area contributed by atoms with Crippen LogP contribution in [0.25, 0.3) is 0 Å². The number of furan rings is 1. The largest absolute Gasteiger partial charge is 0.478 e. The quantitative estimate of drug-likeness (QED) is 0.726. The van der Waals surface area contributed by atoms with Crippen LogP contribution in [0, 0.1) is 0 Å². The third kappa shape index (κ3) is 6.14. The number of carboxylic acid groups (broad SMARTS) is 1. The van der Waals surface area contributed by atoms with Gasteiger partial charge in [0.25, 0.3) is 5.91 Å². The van der Waals surface area contributed by atoms with Crippen LogP contribution in [-0.4, -0.2) is 29.8 Å². The van der Waals surface area contributed by atoms with Gasteiger partial charge >= 0.3 is 12.1 Å². The third-order valence-corrected chi connectivity index (χ3v) is 3.59. The Hall–Kier alpha value is -2.81. The highest BCUT2D eigenvalue weighted by molar-refractivity contribution is 5.96. The molecular formula is C18H18F3NO5. The number of aromatic carboxylic acids is 1. The molecule has 2 aromatic rings. The van der Waals surface area contributed by atoms with E-state index in [-0.39, 0.29) is 30.2 Å². The second-order valence-corrected chi connectivity index (χ2v) is 5.71. The molecule has 1 aromatic carbocycles. The summed E-state index contributed by atoms with van der Waals surface area (Å²) in [7, 11) is 0. The van der Waals surface area contributed by atoms with Gasteiger partial charge in [0.05, 0.1) is 6.61 Å². The maximum Gasteiger partial charge on any atom is 0.411 e. The van der Waals surface area contributed by atoms with Crippen molar-refractivity contribution in [1.29, 1.82) is 0 Å². The summed E-state index contributed by atoms with van der Waals surface area (Å²) in [6, 6.07) is 7.67. The number of carbonyl (C=O) groups is 2. The summed E-state index contributed by atoms with van der Waals surface area (Å²) < 4.78 is 45.9. The Balaban J connectivity index is 1.89. The smallest absolute Gasteiger partial charge is 0.411 e. The van der Waals surface area contributed by atoms with E-state index in [0.717, 1.165) is 0 Å². The van der Waals surface area contributed by atoms with Crippen LogP contribution in [0.15, 0.2) is 34.7 Å². The van der Waals surface area contributed by atoms with E-state index in [9.17, 15) is 22.8 Å². The number of carbonyl (C=O) groups excluding carboxylic acids is 1. The van der Waals surface area contributed by atoms with Crippen LogP contribution >= 0.6 is 0 Å². The van der Waals surface area contributed by atoms with E-state index >= 15 is 0 Å². The maximum atomic E-state index is 12.1. The molecule has 0 saturated carbocycles. The van der Waals surface area contributed by atoms with Crippen LogP contribution in [-0.2, 0) is 24.3 Å². The van der Waals surface area contributed by atoms with E-state index < -0.39 is 24.7 Å². The minimum Gasteiger partial charge on any atom is -0.478 e. The fourth-order valence-corrected chi connectivity index (χ4v) is 2.29. The van der Waals surface area contributed by atoms with Crippen molar-refractivity contribution in [2.24, 2.45) is 0 Å². The fraction of sp³-hybridized carbons (Fsp3) is 0.333. The van der Waals surface area contributed by atoms with Crippen molar-refractivity contribution in [3.05, 3.63) is 58.5 Å². The molecule has 0 aliphatic carbocycles. The van der Waals surface area contributed by atoms with Gasteiger partial charge in [-0.3, -0.25) is 4.79 Å². The lowest BCUT2D eigenvalue weighted by Crippen LogP contribution is -2.22. The molecule has 0 aliphatic heterocycles. The number of hydrogen-bond donors (Lipinski definition) is 2. The van der Waals surface area contributed by atoms with Crippen LogP contribution in [0.4, 0.5) is 13.2 Å². The van der Waals surface area contributed by atoms with Crippen molar-refractivity contribution in [2.75, 3.05) is 6.61 Å². The van der Waals surface area contributed by atoms with E-state index in [1.807, 2.05) is 0 Å². The molecule has 0 unspecified atom stereocenters. The van der Waals surface area contributed by atoms with Crippen molar-refractivity contribution in [2.45, 2.75) is 32.7 Å². The van der Waals surface area contributed by atoms with Crippen molar-refractivity contribution >= 4 is 11.9 Å². The summed E-state index contributed by atoms with van der Waals surface area (Å²) in [5, 5.41) is 11.7. The van der Waals surface area contributed by atoms with Crippen LogP contribution in [0.2, 0.25) is 0 Å². The second kappa shape index (κ2) is 8.72. The van der Waals surface area contributed by atoms with Crippen molar-refractivity contribution in [3.8, 4) is 0 Å². The first-order chi connectivity index (χ1) is 12.7. The molecule has 0 aliphatic rings. The first-order valence-corrected chi connectivity index (χ1v) is 8.06. The molecule has 2 N–H and O–H groups in total. The average Bonchev–Trinajstić information content (AvgIpc) is 3.04. The molecule has 9 heteroatoms. The molecule has 146 valence electrons. The summed E-state index contributed by atoms with van der Waals surface area (Å²) in [6.45, 7) is 0.377. The van der Waals surface area contributed by atoms with E-state index in [4.69, 9.17) is 9.52 Å². The van der Waals surface area contributed by atoms with Crippen LogP contribution < -0.4 is 5.32 Å². The van der Waals surface area contributed by atoms with Crippen LogP contribution in [0.1, 0.15) is 44.7 Å². The van der Waals surface area contributed by atoms with Gasteiger partial charge in [-0.15, -0.1) is 0 Å². The van der Waals surface area contributed by atoms with Gasteiger partial charge < -0.3 is 19.6 Å². The number of aryl methyl sites for hydroxylation is 1. The van der Waals surface area contributed by atoms with Gasteiger partial charge in [-0.2, -0.15) is 13.2 Å². The van der Waals surface area contributed by atoms with E-state index in [1.165, 1.54) is 6.07 Å². The van der Waals surface area contributed by atoms with Gasteiger partial charge in [0.2, 0.25) is 0 Å². The van der Waals surface area contributed by atoms with Crippen LogP contribution in [0.5, 0.6) is 0 Å². The Bertz CT molecular complexity index is 796. The van der Waals surface area contributed by atoms with Crippen molar-refractivity contribution in [1.82, 2.24) is 5.32 Å². The standard InChI is InChI=1S/C18H18F3NO5/c1-2-14-13(17(24)25)7-15(27-14)16(23)22-8-11-3-5-12(6-4-11)9-26-10-18(19,20)21/h3-7H,2,8-10H2,1H3,(H,22,23)(H,24,25). The molecule has 1 heterocycles. The fourth-order valence-electron chi connectivity index (χ4n) is 2.29. The topological polar surface area (TPSA) is 88.8 Å². The number of halogens is 3. The number of amides is 1. The highest BCUT2D eigenvalue weighted by Crippen LogP contribution is 2.17. The Labute approximate surface area is 152 Å². The van der Waals surface area contributed by atoms with Gasteiger partial charge in [-0.05, 0) is 11.1 Å². The molecule has 6 nitrogen and oxygen atoms in total. The van der Waals surface area contributed by atoms with Crippen molar-refractivity contribution in [3.63, 3.8) is 0 Å². The molecule has 2 rings (SSSR count). The SMILES string of the molecule is CCc1oc(C(=O)NCc2ccc(COCC(F)(F)F)cc2)cc1C(=O)O. The predicted octanol–water partition coefficient (Wildman–Crippen LogP) is 3.55. The highest BCUT2D eigenvalue weighted by Gasteiger charge is 2.27. The molecule has 0 bridgehead atoms. The zero-order valence-electron chi connectivity index (χ0n) is 14.4. The normalized spacial score (nSPS) is 11.4. The predicted molar refractivity (Wildman–Crippen MR) is 88.4 cm³/mol. The molecule has 1 amide bonds. The Kier molecular flexibility index (Phi) is 6.62. The van der Waals surface area contributed by atoms with E-state index in [2.05, 4.69) is 10.1 Å². The molecular weight excluding hydrogens is 367 g/mol. The van der Waals surface area contributed by atoms with Crippen LogP contribution in [0.3, 0.4) is 0 Å². The number of hydrogen-bond acceptors (Lipinski definition) is 4. The summed E-state index contributed by atoms with van der Waals surface area (Å²) in [5.74, 6) is -1.61. The number of nitrogens with one attached hydrogen (secondary N) is 1. The lowest BCUT2D eigenvalue weighted by Gasteiger charge is -2.08. The first-order valence-electron chi connectivity index (χ1n) is 8.06. The summed E-state index contributed by atoms with van der Waals surface area (Å²) in [5.41, 5.74) is 1.23. The lowest BCUT2D eigenvalue weighted by atomic mass is 10.1. The molecule has 0 spiro atoms. The lowest BCUT2D eigenvalue weighted by molar-refractivity contribution is -0.176. The minimum atomic E-state index is -4.37. The number of ether oxygens (including phenoxy) is 1. The average molecular weight is 385 g/mol. The van der Waals surface area contributed by atoms with Crippen molar-refractivity contribution < 1.29 is 37.0 Å². The molecule has 0 atom stereocenters. The number of alkyl halides is 3. The molecule has 27 heavy (non-hydrogen) atoms. The zero-order valence-corrected chi connectivity index (χ0v) is 14.4. The number of carboxylic acids is 1. The Morgan fingerprint density at radius 1 is 1.19 bits per heavy atom. The number of benzene rings is 1. The monoisotopic (exact) mass is 385 g/mol. The van der Waals surface area contributed by atoms with Gasteiger partial charge in [0.1, 0.15) is 17.9 Å². The van der Waals surface area contributed by atoms with Gasteiger partial charge in [-0.1, -0.05) is 31.2 Å². The van der Waals surface area contributed by atoms with Gasteiger partial charge in [0, 0.05) is 19.0 Å². The molecule has 1 aromatic heterocycles. The zero-order chi connectivity index (χ0) is 20.0. The molecule has 0 saturated heterocycles. The Morgan fingerprint density at radius 3 is 2.33 bits per heavy atom. The summed E-state index contributed by atoms with van der Waals surface area (Å²) >= 11 is 0. The Morgan fingerprint density at radius 2 is 1.81 bits per heavy atom. The first kappa shape index (κ1) is 20.5. The maximum absolute atomic E-state index is 12.1. The third-order valence-electron chi connectivity index (χ3n) is 3.59. The number of rotatable bonds is 8. The molecule has 0 fully saturated rings. The minimum absolute atomic E-state index is 0.0501. The second-order valence-electron chi connectivity index (χ2n) is 5.71. The summed E-state index contributed by atoms with van der Waals surface area (Å²) in [4.78, 5) is 23.2. The van der Waals surface area contributed by atoms with E-state index in [0.29, 0.717) is 17.5 Å². The molecule has 0 radical (unpaired) electrons.